The van der Waals surface area contributed by atoms with Crippen molar-refractivity contribution >= 4 is 35.4 Å². The molecule has 312 valence electrons. The lowest BCUT2D eigenvalue weighted by atomic mass is 9.69. The monoisotopic (exact) mass is 819 g/mol. The van der Waals surface area contributed by atoms with Crippen LogP contribution in [0, 0.1) is 5.41 Å². The van der Waals surface area contributed by atoms with Crippen molar-refractivity contribution in [3.8, 4) is 5.75 Å². The van der Waals surface area contributed by atoms with Crippen LogP contribution in [0.1, 0.15) is 121 Å². The summed E-state index contributed by atoms with van der Waals surface area (Å²) in [7, 11) is 0. The molecule has 3 atom stereocenters. The summed E-state index contributed by atoms with van der Waals surface area (Å²) in [5.74, 6) is -1.27. The van der Waals surface area contributed by atoms with Gasteiger partial charge in [-0.3, -0.25) is 43.9 Å². The van der Waals surface area contributed by atoms with Gasteiger partial charge in [-0.1, -0.05) is 48.5 Å². The number of nitrogens with zero attached hydrogens (tertiary/aromatic N) is 4. The lowest BCUT2D eigenvalue weighted by Gasteiger charge is -2.47. The number of piperidine rings is 3. The fourth-order valence-electron chi connectivity index (χ4n) is 11.0. The highest BCUT2D eigenvalue weighted by atomic mass is 16.3. The van der Waals surface area contributed by atoms with E-state index in [2.05, 4.69) is 47.8 Å². The van der Waals surface area contributed by atoms with Crippen LogP contribution in [0.15, 0.2) is 84.9 Å². The zero-order valence-electron chi connectivity index (χ0n) is 34.1. The first-order valence-electron chi connectivity index (χ1n) is 21.7. The van der Waals surface area contributed by atoms with Gasteiger partial charge in [-0.15, -0.1) is 0 Å². The summed E-state index contributed by atoms with van der Waals surface area (Å²) < 4.78 is 0. The van der Waals surface area contributed by atoms with Crippen molar-refractivity contribution in [2.45, 2.75) is 82.3 Å². The number of rotatable bonds is 6. The van der Waals surface area contributed by atoms with E-state index in [0.29, 0.717) is 56.5 Å². The summed E-state index contributed by atoms with van der Waals surface area (Å²) in [6.45, 7) is 3.93. The van der Waals surface area contributed by atoms with Gasteiger partial charge in [0.1, 0.15) is 11.8 Å². The third-order valence-electron chi connectivity index (χ3n) is 14.5. The summed E-state index contributed by atoms with van der Waals surface area (Å²) in [6.07, 6.45) is 5.69. The second kappa shape index (κ2) is 15.4. The molecule has 0 saturated carbocycles. The number of nitrogens with one attached hydrogen (secondary N) is 1. The number of aromatic hydroxyl groups is 1. The molecule has 6 aliphatic rings. The van der Waals surface area contributed by atoms with Crippen LogP contribution in [0.5, 0.6) is 5.75 Å². The standard InChI is InChI=1S/C49H49N5O7/c55-36-11-13-38-33(24-36)10-12-37(30-4-2-1-3-5-30)44(38)31-6-8-32(9-7-31)46(59)53-22-18-49(19-23-53)16-20-52(21-17-49)43(57)29-51-27-34-25-39-40(26-35(34)28-51)48(61)54(47(39)60)41-14-15-42(56)50-45(41)58/h1-9,11,13,24-26,37,41,44,55H,10,12,14-23,27-29H2,(H,50,56,58)/t37-,41?,44+/m1/s1. The van der Waals surface area contributed by atoms with E-state index in [-0.39, 0.29) is 53.7 Å². The highest BCUT2D eigenvalue weighted by Gasteiger charge is 2.46. The van der Waals surface area contributed by atoms with Gasteiger partial charge >= 0.3 is 0 Å². The molecule has 1 spiro atoms. The van der Waals surface area contributed by atoms with Crippen molar-refractivity contribution in [2.24, 2.45) is 5.41 Å². The van der Waals surface area contributed by atoms with Crippen molar-refractivity contribution in [1.82, 2.24) is 24.9 Å². The zero-order chi connectivity index (χ0) is 42.0. The Morgan fingerprint density at radius 3 is 1.97 bits per heavy atom. The first-order valence-corrected chi connectivity index (χ1v) is 21.7. The molecule has 61 heavy (non-hydrogen) atoms. The van der Waals surface area contributed by atoms with Gasteiger partial charge in [0.15, 0.2) is 0 Å². The maximum atomic E-state index is 13.8. The van der Waals surface area contributed by atoms with Crippen LogP contribution in [0.4, 0.5) is 0 Å². The third kappa shape index (κ3) is 7.10. The maximum absolute atomic E-state index is 13.8. The molecule has 0 bridgehead atoms. The number of amides is 6. The fraction of sp³-hybridized carbons (Fsp3) is 0.388. The third-order valence-corrected chi connectivity index (χ3v) is 14.5. The predicted molar refractivity (Wildman–Crippen MR) is 225 cm³/mol. The number of likely N-dealkylation sites (tertiary alicyclic amines) is 2. The minimum Gasteiger partial charge on any atom is -0.508 e. The number of benzene rings is 4. The van der Waals surface area contributed by atoms with E-state index >= 15 is 0 Å². The van der Waals surface area contributed by atoms with Gasteiger partial charge in [0.25, 0.3) is 17.7 Å². The van der Waals surface area contributed by atoms with Crippen molar-refractivity contribution < 1.29 is 33.9 Å². The predicted octanol–water partition coefficient (Wildman–Crippen LogP) is 5.52. The molecule has 0 radical (unpaired) electrons. The minimum atomic E-state index is -1.00. The van der Waals surface area contributed by atoms with Gasteiger partial charge in [0, 0.05) is 57.2 Å². The Hall–Kier alpha value is -6.14. The molecule has 5 heterocycles. The normalized spacial score (nSPS) is 23.5. The molecule has 10 rings (SSSR count). The highest BCUT2D eigenvalue weighted by Crippen LogP contribution is 2.47. The lowest BCUT2D eigenvalue weighted by molar-refractivity contribution is -0.137. The molecule has 6 amide bonds. The molecule has 12 nitrogen and oxygen atoms in total. The van der Waals surface area contributed by atoms with Crippen LogP contribution in [0.2, 0.25) is 0 Å². The molecule has 1 aliphatic carbocycles. The molecule has 4 aromatic carbocycles. The van der Waals surface area contributed by atoms with Gasteiger partial charge in [-0.2, -0.15) is 0 Å². The molecule has 1 unspecified atom stereocenters. The molecule has 2 N–H and O–H groups in total. The average Bonchev–Trinajstić information content (AvgIpc) is 3.78. The number of carbonyl (C=O) groups excluding carboxylic acids is 6. The van der Waals surface area contributed by atoms with E-state index in [1.54, 1.807) is 18.2 Å². The van der Waals surface area contributed by atoms with Crippen molar-refractivity contribution in [3.05, 3.63) is 135 Å². The number of aryl methyl sites for hydroxylation is 1. The second-order valence-electron chi connectivity index (χ2n) is 18.0. The molecule has 3 saturated heterocycles. The first kappa shape index (κ1) is 39.0. The quantitative estimate of drug-likeness (QED) is 0.242. The second-order valence-corrected chi connectivity index (χ2v) is 18.0. The Morgan fingerprint density at radius 1 is 0.689 bits per heavy atom. The number of imide groups is 2. The van der Waals surface area contributed by atoms with E-state index in [1.165, 1.54) is 22.3 Å². The van der Waals surface area contributed by atoms with Gasteiger partial charge in [-0.05, 0) is 126 Å². The van der Waals surface area contributed by atoms with Crippen molar-refractivity contribution in [1.29, 1.82) is 0 Å². The number of fused-ring (bicyclic) bond motifs is 3. The van der Waals surface area contributed by atoms with Crippen molar-refractivity contribution in [2.75, 3.05) is 32.7 Å². The minimum absolute atomic E-state index is 0.0554. The zero-order valence-corrected chi connectivity index (χ0v) is 34.1. The Balaban J connectivity index is 0.724. The van der Waals surface area contributed by atoms with Crippen LogP contribution in [-0.2, 0) is 33.9 Å². The summed E-state index contributed by atoms with van der Waals surface area (Å²) in [4.78, 5) is 85.1. The molecule has 4 aromatic rings. The summed E-state index contributed by atoms with van der Waals surface area (Å²) in [6, 6.07) is 27.0. The Bertz CT molecular complexity index is 2420. The SMILES string of the molecule is O=C1CCC(N2C(=O)c3cc4c(cc3C2=O)CN(CC(=O)N2CCC3(CC2)CCN(C(=O)c2ccc([C@@H]5c6ccc(O)cc6CC[C@@H]5c5ccccc5)cc2)CC3)C4)C(=O)N1. The molecular formula is C49H49N5O7. The molecule has 5 aliphatic heterocycles. The van der Waals surface area contributed by atoms with E-state index in [1.807, 2.05) is 39.0 Å². The van der Waals surface area contributed by atoms with Gasteiger partial charge < -0.3 is 14.9 Å². The van der Waals surface area contributed by atoms with Crippen LogP contribution < -0.4 is 5.32 Å². The average molecular weight is 820 g/mol. The number of hydrogen-bond acceptors (Lipinski definition) is 8. The lowest BCUT2D eigenvalue weighted by Crippen LogP contribution is -2.54. The summed E-state index contributed by atoms with van der Waals surface area (Å²) in [5.41, 5.74) is 7.98. The first-order chi connectivity index (χ1) is 29.5. The fourth-order valence-corrected chi connectivity index (χ4v) is 11.0. The Morgan fingerprint density at radius 2 is 1.33 bits per heavy atom. The number of carbonyl (C=O) groups is 6. The van der Waals surface area contributed by atoms with Crippen LogP contribution in [-0.4, -0.2) is 98.9 Å². The van der Waals surface area contributed by atoms with E-state index in [9.17, 15) is 33.9 Å². The number of phenolic OH excluding ortho intramolecular Hbond substituents is 1. The largest absolute Gasteiger partial charge is 0.508 e. The molecule has 0 aromatic heterocycles. The molecule has 3 fully saturated rings. The Kier molecular flexibility index (Phi) is 9.85. The molecular weight excluding hydrogens is 771 g/mol. The summed E-state index contributed by atoms with van der Waals surface area (Å²) >= 11 is 0. The van der Waals surface area contributed by atoms with Gasteiger partial charge in [0.2, 0.25) is 17.7 Å². The van der Waals surface area contributed by atoms with Crippen LogP contribution in [0.25, 0.3) is 0 Å². The maximum Gasteiger partial charge on any atom is 0.262 e. The number of phenols is 1. The number of hydrogen-bond donors (Lipinski definition) is 2. The Labute approximate surface area is 354 Å². The van der Waals surface area contributed by atoms with Crippen molar-refractivity contribution in [3.63, 3.8) is 0 Å². The smallest absolute Gasteiger partial charge is 0.262 e. The van der Waals surface area contributed by atoms with E-state index < -0.39 is 29.7 Å². The van der Waals surface area contributed by atoms with Gasteiger partial charge in [0.05, 0.1) is 17.7 Å². The van der Waals surface area contributed by atoms with Crippen LogP contribution >= 0.6 is 0 Å². The van der Waals surface area contributed by atoms with Gasteiger partial charge in [-0.25, -0.2) is 0 Å². The topological polar surface area (TPSA) is 148 Å². The molecule has 12 heteroatoms. The summed E-state index contributed by atoms with van der Waals surface area (Å²) in [5, 5.41) is 12.5. The van der Waals surface area contributed by atoms with Crippen LogP contribution in [0.3, 0.4) is 0 Å². The highest BCUT2D eigenvalue weighted by molar-refractivity contribution is 6.23. The van der Waals surface area contributed by atoms with E-state index in [4.69, 9.17) is 0 Å². The van der Waals surface area contributed by atoms with E-state index in [0.717, 1.165) is 54.6 Å².